The molecule has 2 rings (SSSR count). The summed E-state index contributed by atoms with van der Waals surface area (Å²) in [4.78, 5) is 25.3. The Morgan fingerprint density at radius 3 is 2.65 bits per heavy atom. The molecule has 1 N–H and O–H groups in total. The predicted molar refractivity (Wildman–Crippen MR) is 73.6 cm³/mol. The third-order valence-corrected chi connectivity index (χ3v) is 3.74. The molecule has 20 heavy (non-hydrogen) atoms. The maximum atomic E-state index is 11.8. The smallest absolute Gasteiger partial charge is 0.411 e. The van der Waals surface area contributed by atoms with Crippen molar-refractivity contribution in [1.82, 2.24) is 10.2 Å². The summed E-state index contributed by atoms with van der Waals surface area (Å²) in [6.07, 6.45) is 1.69. The lowest BCUT2D eigenvalue weighted by Crippen LogP contribution is -2.46. The first-order valence-electron chi connectivity index (χ1n) is 6.82. The van der Waals surface area contributed by atoms with Crippen LogP contribution in [0.2, 0.25) is 0 Å². The number of hydrogen-bond acceptors (Lipinski definition) is 4. The summed E-state index contributed by atoms with van der Waals surface area (Å²) < 4.78 is 10.1. The quantitative estimate of drug-likeness (QED) is 0.796. The molecule has 0 aliphatic carbocycles. The second-order valence-electron chi connectivity index (χ2n) is 6.21. The molecule has 2 fully saturated rings. The minimum Gasteiger partial charge on any atom is -0.444 e. The molecule has 6 nitrogen and oxygen atoms in total. The zero-order valence-electron chi connectivity index (χ0n) is 12.0. The topological polar surface area (TPSA) is 67.9 Å². The van der Waals surface area contributed by atoms with Crippen LogP contribution in [0.15, 0.2) is 0 Å². The Morgan fingerprint density at radius 2 is 2.05 bits per heavy atom. The molecule has 0 saturated carbocycles. The van der Waals surface area contributed by atoms with E-state index < -0.39 is 17.8 Å². The molecule has 0 radical (unpaired) electrons. The van der Waals surface area contributed by atoms with Crippen molar-refractivity contribution >= 4 is 23.8 Å². The van der Waals surface area contributed by atoms with Crippen molar-refractivity contribution in [2.24, 2.45) is 0 Å². The number of halogens is 1. The highest BCUT2D eigenvalue weighted by atomic mass is 35.5. The average Bonchev–Trinajstić information content (AvgIpc) is 2.83. The first-order valence-corrected chi connectivity index (χ1v) is 7.36. The third kappa shape index (κ3) is 3.29. The van der Waals surface area contributed by atoms with Crippen LogP contribution in [0.5, 0.6) is 0 Å². The van der Waals surface area contributed by atoms with Crippen molar-refractivity contribution in [1.29, 1.82) is 0 Å². The summed E-state index contributed by atoms with van der Waals surface area (Å²) >= 11 is 5.42. The van der Waals surface area contributed by atoms with Gasteiger partial charge in [-0.1, -0.05) is 11.6 Å². The lowest BCUT2D eigenvalue weighted by Gasteiger charge is -2.26. The minimum absolute atomic E-state index is 0.0248. The predicted octanol–water partition coefficient (Wildman–Crippen LogP) is 2.45. The molecule has 2 bridgehead atoms. The van der Waals surface area contributed by atoms with E-state index in [0.717, 1.165) is 19.3 Å². The van der Waals surface area contributed by atoms with Crippen molar-refractivity contribution in [3.63, 3.8) is 0 Å². The highest BCUT2D eigenvalue weighted by molar-refractivity contribution is 6.17. The number of alkyl halides is 1. The van der Waals surface area contributed by atoms with Crippen LogP contribution in [0.25, 0.3) is 0 Å². The fourth-order valence-electron chi connectivity index (χ4n) is 3.01. The molecule has 2 amide bonds. The van der Waals surface area contributed by atoms with Crippen molar-refractivity contribution in [3.05, 3.63) is 0 Å². The van der Waals surface area contributed by atoms with Crippen molar-refractivity contribution < 1.29 is 19.1 Å². The Kier molecular flexibility index (Phi) is 4.32. The Hall–Kier alpha value is -1.17. The van der Waals surface area contributed by atoms with Gasteiger partial charge in [-0.15, -0.1) is 0 Å². The third-order valence-electron chi connectivity index (χ3n) is 3.63. The fraction of sp³-hybridized carbons (Fsp3) is 0.846. The van der Waals surface area contributed by atoms with Gasteiger partial charge < -0.3 is 19.7 Å². The van der Waals surface area contributed by atoms with E-state index in [1.54, 1.807) is 4.90 Å². The number of carbonyl (C=O) groups is 2. The van der Waals surface area contributed by atoms with Gasteiger partial charge in [0.25, 0.3) is 0 Å². The first kappa shape index (κ1) is 15.2. The summed E-state index contributed by atoms with van der Waals surface area (Å²) in [6, 6.07) is -0.135. The van der Waals surface area contributed by atoms with Gasteiger partial charge in [0.05, 0.1) is 12.1 Å². The van der Waals surface area contributed by atoms with Crippen molar-refractivity contribution in [2.45, 2.75) is 63.8 Å². The number of rotatable bonds is 2. The SMILES string of the molecule is CC(C)(C)OC(=O)N[C@H]1CC2CCC1N2C(=O)OCCl. The van der Waals surface area contributed by atoms with Crippen LogP contribution in [0.4, 0.5) is 9.59 Å². The summed E-state index contributed by atoms with van der Waals surface area (Å²) in [5.41, 5.74) is -0.529. The monoisotopic (exact) mass is 304 g/mol. The molecule has 0 aromatic rings. The second-order valence-corrected chi connectivity index (χ2v) is 6.43. The van der Waals surface area contributed by atoms with Crippen LogP contribution in [-0.4, -0.2) is 46.9 Å². The molecule has 3 atom stereocenters. The lowest BCUT2D eigenvalue weighted by atomic mass is 9.96. The highest BCUT2D eigenvalue weighted by Gasteiger charge is 2.50. The molecular formula is C13H21ClN2O4. The van der Waals surface area contributed by atoms with Gasteiger partial charge in [0.1, 0.15) is 5.60 Å². The number of alkyl carbamates (subject to hydrolysis) is 1. The van der Waals surface area contributed by atoms with E-state index in [2.05, 4.69) is 5.32 Å². The molecule has 2 heterocycles. The number of amides is 2. The molecule has 114 valence electrons. The van der Waals surface area contributed by atoms with E-state index in [1.807, 2.05) is 20.8 Å². The number of hydrogen-bond donors (Lipinski definition) is 1. The maximum absolute atomic E-state index is 11.8. The summed E-state index contributed by atoms with van der Waals surface area (Å²) in [5.74, 6) is 0. The number of carbonyl (C=O) groups excluding carboxylic acids is 2. The molecule has 2 aliphatic heterocycles. The molecule has 7 heteroatoms. The molecule has 2 saturated heterocycles. The molecule has 2 aliphatic rings. The standard InChI is InChI=1S/C13H21ClN2O4/c1-13(2,3)20-11(17)15-9-6-8-4-5-10(9)16(8)12(18)19-7-14/h8-10H,4-7H2,1-3H3,(H,15,17)/t8?,9-,10?/m0/s1. The Bertz CT molecular complexity index is 396. The lowest BCUT2D eigenvalue weighted by molar-refractivity contribution is 0.0488. The largest absolute Gasteiger partial charge is 0.444 e. The molecule has 0 spiro atoms. The fourth-order valence-corrected chi connectivity index (χ4v) is 3.10. The van der Waals surface area contributed by atoms with Crippen LogP contribution >= 0.6 is 11.6 Å². The van der Waals surface area contributed by atoms with E-state index in [1.165, 1.54) is 0 Å². The zero-order valence-corrected chi connectivity index (χ0v) is 12.8. The van der Waals surface area contributed by atoms with Gasteiger partial charge in [0.2, 0.25) is 0 Å². The molecule has 0 aromatic carbocycles. The van der Waals surface area contributed by atoms with Gasteiger partial charge >= 0.3 is 12.2 Å². The first-order chi connectivity index (χ1) is 9.31. The van der Waals surface area contributed by atoms with Crippen molar-refractivity contribution in [3.8, 4) is 0 Å². The number of ether oxygens (including phenoxy) is 2. The van der Waals surface area contributed by atoms with E-state index in [9.17, 15) is 9.59 Å². The van der Waals surface area contributed by atoms with Gasteiger partial charge in [0.15, 0.2) is 6.07 Å². The molecule has 2 unspecified atom stereocenters. The normalized spacial score (nSPS) is 28.4. The zero-order chi connectivity index (χ0) is 14.9. The number of nitrogens with zero attached hydrogens (tertiary/aromatic N) is 1. The van der Waals surface area contributed by atoms with Crippen molar-refractivity contribution in [2.75, 3.05) is 6.07 Å². The molecular weight excluding hydrogens is 284 g/mol. The van der Waals surface area contributed by atoms with Gasteiger partial charge in [-0.05, 0) is 40.0 Å². The van der Waals surface area contributed by atoms with Crippen LogP contribution in [0, 0.1) is 0 Å². The van der Waals surface area contributed by atoms with Crippen LogP contribution in [0.1, 0.15) is 40.0 Å². The van der Waals surface area contributed by atoms with Gasteiger partial charge in [0, 0.05) is 6.04 Å². The van der Waals surface area contributed by atoms with Gasteiger partial charge in [-0.25, -0.2) is 9.59 Å². The van der Waals surface area contributed by atoms with E-state index in [0.29, 0.717) is 0 Å². The summed E-state index contributed by atoms with van der Waals surface area (Å²) in [7, 11) is 0. The number of nitrogens with one attached hydrogen (secondary N) is 1. The highest BCUT2D eigenvalue weighted by Crippen LogP contribution is 2.38. The van der Waals surface area contributed by atoms with E-state index in [-0.39, 0.29) is 24.2 Å². The van der Waals surface area contributed by atoms with E-state index in [4.69, 9.17) is 21.1 Å². The minimum atomic E-state index is -0.529. The van der Waals surface area contributed by atoms with Gasteiger partial charge in [-0.3, -0.25) is 0 Å². The maximum Gasteiger partial charge on any atom is 0.411 e. The van der Waals surface area contributed by atoms with E-state index >= 15 is 0 Å². The average molecular weight is 305 g/mol. The van der Waals surface area contributed by atoms with Crippen LogP contribution in [-0.2, 0) is 9.47 Å². The van der Waals surface area contributed by atoms with Crippen LogP contribution in [0.3, 0.4) is 0 Å². The Morgan fingerprint density at radius 1 is 1.35 bits per heavy atom. The molecule has 0 aromatic heterocycles. The summed E-state index contributed by atoms with van der Waals surface area (Å²) in [6.45, 7) is 5.45. The second kappa shape index (κ2) is 5.68. The number of fused-ring (bicyclic) bond motifs is 2. The van der Waals surface area contributed by atoms with Crippen LogP contribution < -0.4 is 5.32 Å². The summed E-state index contributed by atoms with van der Waals surface area (Å²) in [5, 5.41) is 2.85. The Balaban J connectivity index is 1.93. The Labute approximate surface area is 123 Å². The van der Waals surface area contributed by atoms with Gasteiger partial charge in [-0.2, -0.15) is 0 Å².